The third-order valence-electron chi connectivity index (χ3n) is 7.00. The molecule has 0 unspecified atom stereocenters. The summed E-state index contributed by atoms with van der Waals surface area (Å²) in [4.78, 5) is 32.6. The summed E-state index contributed by atoms with van der Waals surface area (Å²) in [6.45, 7) is 7.97. The fourth-order valence-electron chi connectivity index (χ4n) is 5.00. The summed E-state index contributed by atoms with van der Waals surface area (Å²) in [5.74, 6) is 1.25. The second kappa shape index (κ2) is 14.9. The first-order valence-electron chi connectivity index (χ1n) is 14.4. The SMILES string of the molecule is CCOC(=O)C1=C(C)N=c2s/c(=C\c3cc(Br)c(OCc4ccc(Br)cc4)c(I)c3)c(=O)n2[C@@H]1c1ccc(OC(C)C)c(OC)c1. The molecule has 0 saturated heterocycles. The molecule has 0 bridgehead atoms. The molecule has 3 aromatic carbocycles. The third-order valence-corrected chi connectivity index (χ3v) is 9.90. The molecule has 0 N–H and O–H groups in total. The van der Waals surface area contributed by atoms with Crippen LogP contribution in [0.15, 0.2) is 84.6 Å². The molecule has 4 aromatic rings. The van der Waals surface area contributed by atoms with Gasteiger partial charge in [-0.2, -0.15) is 0 Å². The van der Waals surface area contributed by atoms with E-state index in [4.69, 9.17) is 18.9 Å². The Bertz CT molecular complexity index is 1980. The molecule has 0 radical (unpaired) electrons. The second-order valence-electron chi connectivity index (χ2n) is 10.6. The molecule has 46 heavy (non-hydrogen) atoms. The first kappa shape index (κ1) is 34.4. The molecule has 240 valence electrons. The molecular weight excluding hydrogens is 851 g/mol. The molecule has 1 aromatic heterocycles. The summed E-state index contributed by atoms with van der Waals surface area (Å²) in [6.07, 6.45) is 1.76. The number of hydrogen-bond donors (Lipinski definition) is 0. The van der Waals surface area contributed by atoms with Crippen LogP contribution in [0.25, 0.3) is 6.08 Å². The summed E-state index contributed by atoms with van der Waals surface area (Å²) < 4.78 is 27.8. The number of fused-ring (bicyclic) bond motifs is 1. The van der Waals surface area contributed by atoms with Gasteiger partial charge in [0.2, 0.25) is 0 Å². The Kier molecular flexibility index (Phi) is 11.1. The van der Waals surface area contributed by atoms with Gasteiger partial charge >= 0.3 is 5.97 Å². The summed E-state index contributed by atoms with van der Waals surface area (Å²) in [6, 6.07) is 16.5. The van der Waals surface area contributed by atoms with Crippen LogP contribution in [0.3, 0.4) is 0 Å². The number of benzene rings is 3. The standard InChI is InChI=1S/C34H31Br2IN2O6S/c1-6-43-33(41)29-19(4)38-34-39(30(29)22-9-12-26(45-18(2)3)27(16-22)42-5)32(40)28(46-34)15-21-13-24(36)31(25(37)14-21)44-17-20-7-10-23(35)11-8-20/h7-16,18,30H,6,17H2,1-5H3/b28-15-/t30-/m1/s1. The number of rotatable bonds is 10. The van der Waals surface area contributed by atoms with E-state index in [9.17, 15) is 9.59 Å². The van der Waals surface area contributed by atoms with Crippen LogP contribution >= 0.6 is 65.8 Å². The summed E-state index contributed by atoms with van der Waals surface area (Å²) in [7, 11) is 1.56. The predicted molar refractivity (Wildman–Crippen MR) is 194 cm³/mol. The van der Waals surface area contributed by atoms with Crippen molar-refractivity contribution in [3.8, 4) is 17.2 Å². The average molecular weight is 882 g/mol. The van der Waals surface area contributed by atoms with Gasteiger partial charge in [0.25, 0.3) is 5.56 Å². The lowest BCUT2D eigenvalue weighted by atomic mass is 9.95. The molecule has 1 atom stereocenters. The van der Waals surface area contributed by atoms with Gasteiger partial charge in [-0.1, -0.05) is 45.5 Å². The maximum absolute atomic E-state index is 14.1. The van der Waals surface area contributed by atoms with Crippen molar-refractivity contribution in [2.45, 2.75) is 46.4 Å². The Morgan fingerprint density at radius 1 is 1.11 bits per heavy atom. The molecular formula is C34H31Br2IN2O6S. The first-order valence-corrected chi connectivity index (χ1v) is 17.9. The van der Waals surface area contributed by atoms with E-state index >= 15 is 0 Å². The van der Waals surface area contributed by atoms with Crippen molar-refractivity contribution in [1.82, 2.24) is 4.57 Å². The van der Waals surface area contributed by atoms with E-state index in [1.807, 2.05) is 62.4 Å². The molecule has 1 aliphatic heterocycles. The number of thiazole rings is 1. The van der Waals surface area contributed by atoms with Crippen molar-refractivity contribution < 1.29 is 23.7 Å². The van der Waals surface area contributed by atoms with E-state index in [2.05, 4.69) is 59.4 Å². The minimum absolute atomic E-state index is 0.0649. The zero-order chi connectivity index (χ0) is 33.1. The summed E-state index contributed by atoms with van der Waals surface area (Å²) >= 11 is 10.6. The fraction of sp³-hybridized carbons (Fsp3) is 0.265. The second-order valence-corrected chi connectivity index (χ2v) is 14.5. The van der Waals surface area contributed by atoms with Gasteiger partial charge in [0.15, 0.2) is 16.3 Å². The van der Waals surface area contributed by atoms with Gasteiger partial charge in [-0.3, -0.25) is 9.36 Å². The number of methoxy groups -OCH3 is 1. The van der Waals surface area contributed by atoms with Crippen LogP contribution in [0.1, 0.15) is 50.4 Å². The summed E-state index contributed by atoms with van der Waals surface area (Å²) in [5, 5.41) is 0. The number of ether oxygens (including phenoxy) is 4. The number of allylic oxidation sites excluding steroid dienone is 1. The highest BCUT2D eigenvalue weighted by molar-refractivity contribution is 14.1. The minimum Gasteiger partial charge on any atom is -0.493 e. The zero-order valence-corrected chi connectivity index (χ0v) is 31.9. The molecule has 8 nitrogen and oxygen atoms in total. The third kappa shape index (κ3) is 7.45. The van der Waals surface area contributed by atoms with Crippen LogP contribution in [-0.2, 0) is 16.1 Å². The van der Waals surface area contributed by atoms with E-state index in [0.717, 1.165) is 29.4 Å². The maximum Gasteiger partial charge on any atom is 0.338 e. The molecule has 5 rings (SSSR count). The topological polar surface area (TPSA) is 88.4 Å². The van der Waals surface area contributed by atoms with E-state index in [-0.39, 0.29) is 18.3 Å². The molecule has 12 heteroatoms. The van der Waals surface area contributed by atoms with Crippen molar-refractivity contribution in [2.75, 3.05) is 13.7 Å². The lowest BCUT2D eigenvalue weighted by Gasteiger charge is -2.25. The smallest absolute Gasteiger partial charge is 0.338 e. The summed E-state index contributed by atoms with van der Waals surface area (Å²) in [5.41, 5.74) is 3.04. The van der Waals surface area contributed by atoms with Gasteiger partial charge in [-0.25, -0.2) is 9.79 Å². The Hall–Kier alpha value is -2.94. The van der Waals surface area contributed by atoms with Gasteiger partial charge in [-0.05, 0) is 125 Å². The highest BCUT2D eigenvalue weighted by Gasteiger charge is 2.34. The molecule has 2 heterocycles. The normalized spacial score (nSPS) is 14.6. The lowest BCUT2D eigenvalue weighted by molar-refractivity contribution is -0.139. The van der Waals surface area contributed by atoms with Crippen molar-refractivity contribution in [1.29, 1.82) is 0 Å². The monoisotopic (exact) mass is 880 g/mol. The number of nitrogens with zero attached hydrogens (tertiary/aromatic N) is 2. The lowest BCUT2D eigenvalue weighted by Crippen LogP contribution is -2.40. The Morgan fingerprint density at radius 2 is 1.85 bits per heavy atom. The van der Waals surface area contributed by atoms with Crippen LogP contribution in [0.2, 0.25) is 0 Å². The molecule has 0 saturated carbocycles. The fourth-order valence-corrected chi connectivity index (χ4v) is 8.08. The van der Waals surface area contributed by atoms with Crippen molar-refractivity contribution in [3.05, 3.63) is 115 Å². The van der Waals surface area contributed by atoms with Crippen LogP contribution in [0.5, 0.6) is 17.2 Å². The molecule has 0 spiro atoms. The van der Waals surface area contributed by atoms with Crippen LogP contribution < -0.4 is 29.1 Å². The average Bonchev–Trinajstić information content (AvgIpc) is 3.30. The predicted octanol–water partition coefficient (Wildman–Crippen LogP) is 7.30. The number of aromatic nitrogens is 1. The first-order chi connectivity index (χ1) is 22.0. The number of hydrogen-bond acceptors (Lipinski definition) is 8. The Labute approximate surface area is 301 Å². The van der Waals surface area contributed by atoms with E-state index in [1.54, 1.807) is 37.7 Å². The van der Waals surface area contributed by atoms with Crippen molar-refractivity contribution in [3.63, 3.8) is 0 Å². The Morgan fingerprint density at radius 3 is 2.50 bits per heavy atom. The van der Waals surface area contributed by atoms with Gasteiger partial charge < -0.3 is 18.9 Å². The van der Waals surface area contributed by atoms with Gasteiger partial charge in [0, 0.05) is 4.47 Å². The highest BCUT2D eigenvalue weighted by atomic mass is 127. The van der Waals surface area contributed by atoms with E-state index in [1.165, 1.54) is 11.3 Å². The number of halogens is 3. The molecule has 1 aliphatic rings. The highest BCUT2D eigenvalue weighted by Crippen LogP contribution is 2.37. The number of carbonyl (C=O) groups excluding carboxylic acids is 1. The van der Waals surface area contributed by atoms with Gasteiger partial charge in [0.1, 0.15) is 12.4 Å². The minimum atomic E-state index is -0.777. The van der Waals surface area contributed by atoms with E-state index in [0.29, 0.717) is 44.3 Å². The maximum atomic E-state index is 14.1. The van der Waals surface area contributed by atoms with Crippen LogP contribution in [0.4, 0.5) is 0 Å². The number of esters is 1. The van der Waals surface area contributed by atoms with Gasteiger partial charge in [-0.15, -0.1) is 0 Å². The molecule has 0 aliphatic carbocycles. The largest absolute Gasteiger partial charge is 0.493 e. The van der Waals surface area contributed by atoms with Crippen LogP contribution in [-0.4, -0.2) is 30.4 Å². The zero-order valence-electron chi connectivity index (χ0n) is 25.7. The molecule has 0 fully saturated rings. The van der Waals surface area contributed by atoms with Crippen LogP contribution in [0, 0.1) is 3.57 Å². The number of carbonyl (C=O) groups is 1. The van der Waals surface area contributed by atoms with Gasteiger partial charge in [0.05, 0.1) is 49.7 Å². The Balaban J connectivity index is 1.57. The van der Waals surface area contributed by atoms with Crippen molar-refractivity contribution >= 4 is 77.8 Å². The molecule has 0 amide bonds. The quantitative estimate of drug-likeness (QED) is 0.123. The van der Waals surface area contributed by atoms with Crippen molar-refractivity contribution in [2.24, 2.45) is 4.99 Å². The van der Waals surface area contributed by atoms with E-state index < -0.39 is 12.0 Å².